The lowest BCUT2D eigenvalue weighted by Gasteiger charge is -2.36. The Hall–Kier alpha value is -2.51. The van der Waals surface area contributed by atoms with Crippen molar-refractivity contribution in [1.29, 1.82) is 0 Å². The summed E-state index contributed by atoms with van der Waals surface area (Å²) in [5.41, 5.74) is 1.60. The van der Waals surface area contributed by atoms with E-state index in [9.17, 15) is 15.2 Å². The predicted octanol–water partition coefficient (Wildman–Crippen LogP) is 2.15. The summed E-state index contributed by atoms with van der Waals surface area (Å²) in [4.78, 5) is 19.1. The highest BCUT2D eigenvalue weighted by Crippen LogP contribution is 2.23. The molecule has 1 aliphatic rings. The van der Waals surface area contributed by atoms with Crippen LogP contribution in [0.3, 0.4) is 0 Å². The van der Waals surface area contributed by atoms with E-state index in [0.717, 1.165) is 37.6 Å². The van der Waals surface area contributed by atoms with Crippen LogP contribution in [-0.2, 0) is 0 Å². The summed E-state index contributed by atoms with van der Waals surface area (Å²) in [5, 5.41) is 21.2. The Kier molecular flexibility index (Phi) is 5.25. The minimum Gasteiger partial charge on any atom is -0.387 e. The molecule has 1 saturated heterocycles. The minimum absolute atomic E-state index is 0.0494. The molecule has 3 rings (SSSR count). The standard InChI is InChI=1S/C18H22N4O3/c1-14-11-18(19-12-16(14)22(24)25)21-9-7-20(8-10-21)13-17(23)15-5-3-2-4-6-15/h2-6,11-12,17,23H,7-10,13H2,1H3. The number of nitro groups is 1. The third kappa shape index (κ3) is 4.12. The number of anilines is 1. The van der Waals surface area contributed by atoms with Gasteiger partial charge in [0.05, 0.1) is 11.0 Å². The van der Waals surface area contributed by atoms with Crippen molar-refractivity contribution in [2.75, 3.05) is 37.6 Å². The van der Waals surface area contributed by atoms with Crippen molar-refractivity contribution >= 4 is 11.5 Å². The van der Waals surface area contributed by atoms with Gasteiger partial charge in [-0.1, -0.05) is 30.3 Å². The van der Waals surface area contributed by atoms with Crippen LogP contribution in [0.25, 0.3) is 0 Å². The second-order valence-corrected chi connectivity index (χ2v) is 6.30. The summed E-state index contributed by atoms with van der Waals surface area (Å²) in [5.74, 6) is 0.770. The Labute approximate surface area is 146 Å². The van der Waals surface area contributed by atoms with Gasteiger partial charge in [0.1, 0.15) is 12.0 Å². The van der Waals surface area contributed by atoms with Crippen LogP contribution in [0.1, 0.15) is 17.2 Å². The average Bonchev–Trinajstić information content (AvgIpc) is 2.62. The molecule has 1 aromatic heterocycles. The molecule has 0 radical (unpaired) electrons. The van der Waals surface area contributed by atoms with Crippen LogP contribution in [0.4, 0.5) is 11.5 Å². The molecule has 0 amide bonds. The van der Waals surface area contributed by atoms with Crippen LogP contribution in [0.15, 0.2) is 42.6 Å². The number of hydrogen-bond donors (Lipinski definition) is 1. The van der Waals surface area contributed by atoms with Gasteiger partial charge in [0, 0.05) is 38.3 Å². The lowest BCUT2D eigenvalue weighted by molar-refractivity contribution is -0.385. The molecule has 7 heteroatoms. The van der Waals surface area contributed by atoms with Crippen LogP contribution < -0.4 is 4.90 Å². The zero-order chi connectivity index (χ0) is 17.8. The molecule has 0 saturated carbocycles. The van der Waals surface area contributed by atoms with Gasteiger partial charge in [-0.05, 0) is 18.6 Å². The third-order valence-electron chi connectivity index (χ3n) is 4.58. The summed E-state index contributed by atoms with van der Waals surface area (Å²) in [6, 6.07) is 11.4. The van der Waals surface area contributed by atoms with Crippen molar-refractivity contribution in [3.63, 3.8) is 0 Å². The van der Waals surface area contributed by atoms with Crippen LogP contribution in [0, 0.1) is 17.0 Å². The highest BCUT2D eigenvalue weighted by Gasteiger charge is 2.22. The second-order valence-electron chi connectivity index (χ2n) is 6.30. The lowest BCUT2D eigenvalue weighted by Crippen LogP contribution is -2.47. The summed E-state index contributed by atoms with van der Waals surface area (Å²) in [7, 11) is 0. The van der Waals surface area contributed by atoms with Crippen molar-refractivity contribution in [2.24, 2.45) is 0 Å². The molecular weight excluding hydrogens is 320 g/mol. The Morgan fingerprint density at radius 3 is 2.52 bits per heavy atom. The molecule has 0 spiro atoms. The van der Waals surface area contributed by atoms with E-state index >= 15 is 0 Å². The number of piperazine rings is 1. The van der Waals surface area contributed by atoms with E-state index in [1.165, 1.54) is 6.20 Å². The number of aromatic nitrogens is 1. The van der Waals surface area contributed by atoms with Crippen LogP contribution in [0.5, 0.6) is 0 Å². The SMILES string of the molecule is Cc1cc(N2CCN(CC(O)c3ccccc3)CC2)ncc1[N+](=O)[O-]. The monoisotopic (exact) mass is 342 g/mol. The fourth-order valence-electron chi connectivity index (χ4n) is 3.08. The molecule has 1 N–H and O–H groups in total. The molecule has 0 bridgehead atoms. The van der Waals surface area contributed by atoms with Crippen molar-refractivity contribution in [1.82, 2.24) is 9.88 Å². The zero-order valence-electron chi connectivity index (χ0n) is 14.2. The fraction of sp³-hybridized carbons (Fsp3) is 0.389. The average molecular weight is 342 g/mol. The molecule has 0 aliphatic carbocycles. The number of pyridine rings is 1. The van der Waals surface area contributed by atoms with Gasteiger partial charge in [-0.15, -0.1) is 0 Å². The van der Waals surface area contributed by atoms with Gasteiger partial charge in [-0.3, -0.25) is 15.0 Å². The Bertz CT molecular complexity index is 730. The first-order valence-electron chi connectivity index (χ1n) is 8.36. The van der Waals surface area contributed by atoms with E-state index < -0.39 is 11.0 Å². The number of aryl methyl sites for hydroxylation is 1. The first-order chi connectivity index (χ1) is 12.0. The van der Waals surface area contributed by atoms with Gasteiger partial charge in [-0.25, -0.2) is 4.98 Å². The number of aliphatic hydroxyl groups is 1. The second kappa shape index (κ2) is 7.58. The topological polar surface area (TPSA) is 82.7 Å². The highest BCUT2D eigenvalue weighted by molar-refractivity contribution is 5.48. The molecule has 1 aromatic carbocycles. The molecule has 1 fully saturated rings. The quantitative estimate of drug-likeness (QED) is 0.662. The van der Waals surface area contributed by atoms with E-state index in [1.54, 1.807) is 13.0 Å². The zero-order valence-corrected chi connectivity index (χ0v) is 14.2. The smallest absolute Gasteiger partial charge is 0.290 e. The number of aliphatic hydroxyl groups excluding tert-OH is 1. The van der Waals surface area contributed by atoms with Gasteiger partial charge >= 0.3 is 0 Å². The van der Waals surface area contributed by atoms with E-state index in [4.69, 9.17) is 0 Å². The molecule has 2 aromatic rings. The first kappa shape index (κ1) is 17.3. The molecule has 25 heavy (non-hydrogen) atoms. The first-order valence-corrected chi connectivity index (χ1v) is 8.36. The molecule has 2 heterocycles. The number of benzene rings is 1. The van der Waals surface area contributed by atoms with Crippen LogP contribution >= 0.6 is 0 Å². The Morgan fingerprint density at radius 2 is 1.92 bits per heavy atom. The van der Waals surface area contributed by atoms with Gasteiger partial charge < -0.3 is 10.0 Å². The van der Waals surface area contributed by atoms with Crippen molar-refractivity contribution in [3.05, 3.63) is 63.8 Å². The van der Waals surface area contributed by atoms with Gasteiger partial charge in [0.25, 0.3) is 5.69 Å². The highest BCUT2D eigenvalue weighted by atomic mass is 16.6. The third-order valence-corrected chi connectivity index (χ3v) is 4.58. The van der Waals surface area contributed by atoms with Gasteiger partial charge in [-0.2, -0.15) is 0 Å². The molecule has 1 unspecified atom stereocenters. The summed E-state index contributed by atoms with van der Waals surface area (Å²) in [6.07, 6.45) is 0.837. The number of hydrogen-bond acceptors (Lipinski definition) is 6. The predicted molar refractivity (Wildman–Crippen MR) is 95.7 cm³/mol. The molecule has 7 nitrogen and oxygen atoms in total. The van der Waals surface area contributed by atoms with E-state index in [-0.39, 0.29) is 5.69 Å². The maximum atomic E-state index is 10.9. The normalized spacial score (nSPS) is 16.6. The molecule has 1 aliphatic heterocycles. The van der Waals surface area contributed by atoms with Crippen molar-refractivity contribution < 1.29 is 10.0 Å². The summed E-state index contributed by atoms with van der Waals surface area (Å²) in [6.45, 7) is 5.54. The Balaban J connectivity index is 1.57. The number of β-amino-alcohol motifs (C(OH)–C–C–N with tert-alkyl or cyclic N) is 1. The molecule has 132 valence electrons. The van der Waals surface area contributed by atoms with Crippen molar-refractivity contribution in [2.45, 2.75) is 13.0 Å². The number of rotatable bonds is 5. The van der Waals surface area contributed by atoms with E-state index in [0.29, 0.717) is 12.1 Å². The maximum Gasteiger partial charge on any atom is 0.290 e. The van der Waals surface area contributed by atoms with E-state index in [2.05, 4.69) is 14.8 Å². The minimum atomic E-state index is -0.493. The number of nitrogens with zero attached hydrogens (tertiary/aromatic N) is 4. The maximum absolute atomic E-state index is 10.9. The van der Waals surface area contributed by atoms with E-state index in [1.807, 2.05) is 30.3 Å². The summed E-state index contributed by atoms with van der Waals surface area (Å²) < 4.78 is 0. The van der Waals surface area contributed by atoms with Gasteiger partial charge in [0.15, 0.2) is 0 Å². The largest absolute Gasteiger partial charge is 0.387 e. The van der Waals surface area contributed by atoms with Gasteiger partial charge in [0.2, 0.25) is 0 Å². The molecule has 1 atom stereocenters. The van der Waals surface area contributed by atoms with Crippen LogP contribution in [0.2, 0.25) is 0 Å². The fourth-order valence-corrected chi connectivity index (χ4v) is 3.08. The Morgan fingerprint density at radius 1 is 1.24 bits per heavy atom. The lowest BCUT2D eigenvalue weighted by atomic mass is 10.1. The molecular formula is C18H22N4O3. The van der Waals surface area contributed by atoms with Crippen molar-refractivity contribution in [3.8, 4) is 0 Å². The van der Waals surface area contributed by atoms with Crippen LogP contribution in [-0.4, -0.2) is 52.6 Å². The summed E-state index contributed by atoms with van der Waals surface area (Å²) >= 11 is 0.